The van der Waals surface area contributed by atoms with E-state index in [0.717, 1.165) is 11.8 Å². The van der Waals surface area contributed by atoms with E-state index in [9.17, 15) is 9.59 Å². The van der Waals surface area contributed by atoms with Gasteiger partial charge in [0.2, 0.25) is 5.91 Å². The van der Waals surface area contributed by atoms with Crippen LogP contribution in [0.3, 0.4) is 0 Å². The summed E-state index contributed by atoms with van der Waals surface area (Å²) in [5, 5.41) is 7.99. The number of rotatable bonds is 5. The van der Waals surface area contributed by atoms with E-state index in [0.29, 0.717) is 35.7 Å². The third kappa shape index (κ3) is 3.16. The molecule has 4 bridgehead atoms. The number of hydrogen-bond donors (Lipinski definition) is 2. The lowest BCUT2D eigenvalue weighted by atomic mass is 9.54. The normalized spacial score (nSPS) is 34.3. The maximum atomic E-state index is 12.2. The molecule has 23 heavy (non-hydrogen) atoms. The largest absolute Gasteiger partial charge is 0.353 e. The molecule has 0 atom stereocenters. The maximum absolute atomic E-state index is 12.2. The van der Waals surface area contributed by atoms with Crippen LogP contribution in [0.1, 0.15) is 48.2 Å². The first-order valence-corrected chi connectivity index (χ1v) is 9.68. The Morgan fingerprint density at radius 2 is 1.78 bits per heavy atom. The second-order valence-electron chi connectivity index (χ2n) is 7.51. The quantitative estimate of drug-likeness (QED) is 0.871. The first-order valence-electron chi connectivity index (χ1n) is 8.80. The van der Waals surface area contributed by atoms with E-state index in [2.05, 4.69) is 10.6 Å². The Morgan fingerprint density at radius 3 is 2.39 bits per heavy atom. The molecular formula is C18H24N2O2S. The molecule has 2 N–H and O–H groups in total. The van der Waals surface area contributed by atoms with Gasteiger partial charge in [0.05, 0.1) is 4.88 Å². The number of carbonyl (C=O) groups is 2. The minimum absolute atomic E-state index is 0.0811. The van der Waals surface area contributed by atoms with Crippen molar-refractivity contribution in [3.05, 3.63) is 22.4 Å². The number of hydrogen-bond acceptors (Lipinski definition) is 3. The summed E-state index contributed by atoms with van der Waals surface area (Å²) < 4.78 is 0. The van der Waals surface area contributed by atoms with Crippen molar-refractivity contribution in [1.29, 1.82) is 0 Å². The van der Waals surface area contributed by atoms with Gasteiger partial charge < -0.3 is 10.6 Å². The molecule has 4 aliphatic carbocycles. The molecule has 124 valence electrons. The standard InChI is InChI=1S/C18H24N2O2S/c21-16(3-4-19-18(22)15-2-1-5-23-15)20-17-13-7-11-6-12(9-13)10-14(17)8-11/h1-2,5,11-14,17H,3-4,6-10H2,(H,19,22)(H,20,21). The van der Waals surface area contributed by atoms with Crippen LogP contribution < -0.4 is 10.6 Å². The molecule has 4 saturated carbocycles. The molecule has 1 aromatic rings. The zero-order valence-electron chi connectivity index (χ0n) is 13.3. The Kier molecular flexibility index (Phi) is 4.14. The molecule has 0 unspecified atom stereocenters. The minimum Gasteiger partial charge on any atom is -0.353 e. The van der Waals surface area contributed by atoms with Gasteiger partial charge in [-0.1, -0.05) is 6.07 Å². The van der Waals surface area contributed by atoms with E-state index < -0.39 is 0 Å². The van der Waals surface area contributed by atoms with Crippen LogP contribution in [-0.4, -0.2) is 24.4 Å². The van der Waals surface area contributed by atoms with Crippen LogP contribution in [0, 0.1) is 23.7 Å². The fourth-order valence-electron chi connectivity index (χ4n) is 5.20. The summed E-state index contributed by atoms with van der Waals surface area (Å²) >= 11 is 1.42. The highest BCUT2D eigenvalue weighted by Gasteiger charge is 2.48. The summed E-state index contributed by atoms with van der Waals surface area (Å²) in [4.78, 5) is 24.8. The van der Waals surface area contributed by atoms with Crippen LogP contribution in [0.2, 0.25) is 0 Å². The third-order valence-electron chi connectivity index (χ3n) is 5.94. The van der Waals surface area contributed by atoms with Crippen LogP contribution in [0.15, 0.2) is 17.5 Å². The van der Waals surface area contributed by atoms with Crippen molar-refractivity contribution in [1.82, 2.24) is 10.6 Å². The molecule has 5 heteroatoms. The molecule has 0 aromatic carbocycles. The Bertz CT molecular complexity index is 556. The van der Waals surface area contributed by atoms with Crippen molar-refractivity contribution in [3.63, 3.8) is 0 Å². The van der Waals surface area contributed by atoms with E-state index in [1.807, 2.05) is 11.4 Å². The van der Waals surface area contributed by atoms with Crippen LogP contribution in [-0.2, 0) is 4.79 Å². The molecule has 1 heterocycles. The van der Waals surface area contributed by atoms with Crippen molar-refractivity contribution in [2.75, 3.05) is 6.54 Å². The molecule has 0 aliphatic heterocycles. The smallest absolute Gasteiger partial charge is 0.261 e. The fourth-order valence-corrected chi connectivity index (χ4v) is 5.84. The second-order valence-corrected chi connectivity index (χ2v) is 8.45. The summed E-state index contributed by atoms with van der Waals surface area (Å²) in [6.45, 7) is 0.413. The second kappa shape index (κ2) is 6.27. The zero-order chi connectivity index (χ0) is 15.8. The van der Waals surface area contributed by atoms with Gasteiger partial charge in [-0.3, -0.25) is 9.59 Å². The average Bonchev–Trinajstić information content (AvgIpc) is 3.04. The van der Waals surface area contributed by atoms with Crippen LogP contribution in [0.25, 0.3) is 0 Å². The minimum atomic E-state index is -0.0811. The molecule has 0 spiro atoms. The summed E-state index contributed by atoms with van der Waals surface area (Å²) in [5.41, 5.74) is 0. The lowest BCUT2D eigenvalue weighted by molar-refractivity contribution is -0.124. The summed E-state index contributed by atoms with van der Waals surface area (Å²) in [6, 6.07) is 4.05. The molecule has 0 radical (unpaired) electrons. The number of thiophene rings is 1. The van der Waals surface area contributed by atoms with Gasteiger partial charge in [0.25, 0.3) is 5.91 Å². The maximum Gasteiger partial charge on any atom is 0.261 e. The molecular weight excluding hydrogens is 308 g/mol. The Labute approximate surface area is 141 Å². The Hall–Kier alpha value is -1.36. The predicted molar refractivity (Wildman–Crippen MR) is 90.2 cm³/mol. The highest BCUT2D eigenvalue weighted by atomic mass is 32.1. The molecule has 4 aliphatic rings. The van der Waals surface area contributed by atoms with Gasteiger partial charge in [0.1, 0.15) is 0 Å². The number of carbonyl (C=O) groups excluding carboxylic acids is 2. The van der Waals surface area contributed by atoms with Gasteiger partial charge in [-0.05, 0) is 67.2 Å². The van der Waals surface area contributed by atoms with Gasteiger partial charge in [0, 0.05) is 19.0 Å². The number of amides is 2. The van der Waals surface area contributed by atoms with E-state index in [1.165, 1.54) is 43.4 Å². The monoisotopic (exact) mass is 332 g/mol. The van der Waals surface area contributed by atoms with Crippen molar-refractivity contribution in [2.45, 2.75) is 44.6 Å². The first kappa shape index (κ1) is 15.2. The summed E-state index contributed by atoms with van der Waals surface area (Å²) in [7, 11) is 0. The van der Waals surface area contributed by atoms with Crippen molar-refractivity contribution in [3.8, 4) is 0 Å². The van der Waals surface area contributed by atoms with Gasteiger partial charge in [-0.25, -0.2) is 0 Å². The van der Waals surface area contributed by atoms with E-state index in [-0.39, 0.29) is 11.8 Å². The third-order valence-corrected chi connectivity index (χ3v) is 6.81. The highest BCUT2D eigenvalue weighted by Crippen LogP contribution is 2.53. The number of nitrogens with one attached hydrogen (secondary N) is 2. The SMILES string of the molecule is O=C(CCNC(=O)c1cccs1)NC1C2CC3CC(C2)CC1C3. The van der Waals surface area contributed by atoms with Gasteiger partial charge >= 0.3 is 0 Å². The van der Waals surface area contributed by atoms with Crippen molar-refractivity contribution >= 4 is 23.2 Å². The lowest BCUT2D eigenvalue weighted by Gasteiger charge is -2.54. The van der Waals surface area contributed by atoms with Gasteiger partial charge in [0.15, 0.2) is 0 Å². The highest BCUT2D eigenvalue weighted by molar-refractivity contribution is 7.12. The molecule has 0 saturated heterocycles. The molecule has 2 amide bonds. The predicted octanol–water partition coefficient (Wildman–Crippen LogP) is 2.81. The summed E-state index contributed by atoms with van der Waals surface area (Å²) in [6.07, 6.45) is 7.06. The molecule has 4 fully saturated rings. The van der Waals surface area contributed by atoms with Crippen LogP contribution in [0.4, 0.5) is 0 Å². The summed E-state index contributed by atoms with van der Waals surface area (Å²) in [5.74, 6) is 3.27. The molecule has 4 nitrogen and oxygen atoms in total. The van der Waals surface area contributed by atoms with E-state index in [1.54, 1.807) is 6.07 Å². The van der Waals surface area contributed by atoms with E-state index >= 15 is 0 Å². The van der Waals surface area contributed by atoms with Crippen LogP contribution >= 0.6 is 11.3 Å². The Morgan fingerprint density at radius 1 is 1.09 bits per heavy atom. The lowest BCUT2D eigenvalue weighted by Crippen LogP contribution is -2.56. The topological polar surface area (TPSA) is 58.2 Å². The van der Waals surface area contributed by atoms with E-state index in [4.69, 9.17) is 0 Å². The first-order chi connectivity index (χ1) is 11.2. The van der Waals surface area contributed by atoms with Crippen molar-refractivity contribution in [2.24, 2.45) is 23.7 Å². The average molecular weight is 332 g/mol. The fraction of sp³-hybridized carbons (Fsp3) is 0.667. The zero-order valence-corrected chi connectivity index (χ0v) is 14.1. The van der Waals surface area contributed by atoms with Crippen molar-refractivity contribution < 1.29 is 9.59 Å². The Balaban J connectivity index is 1.24. The molecule has 1 aromatic heterocycles. The van der Waals surface area contributed by atoms with Crippen LogP contribution in [0.5, 0.6) is 0 Å². The molecule has 5 rings (SSSR count). The van der Waals surface area contributed by atoms with Gasteiger partial charge in [-0.15, -0.1) is 11.3 Å². The van der Waals surface area contributed by atoms with Gasteiger partial charge in [-0.2, -0.15) is 0 Å².